The van der Waals surface area contributed by atoms with Crippen LogP contribution in [0.1, 0.15) is 16.1 Å². The predicted molar refractivity (Wildman–Crippen MR) is 101 cm³/mol. The molecule has 7 heteroatoms. The summed E-state index contributed by atoms with van der Waals surface area (Å²) in [7, 11) is 2.08. The first kappa shape index (κ1) is 17.4. The van der Waals surface area contributed by atoms with Crippen LogP contribution in [0.4, 0.5) is 15.5 Å². The molecule has 0 radical (unpaired) electrons. The Kier molecular flexibility index (Phi) is 5.67. The lowest BCUT2D eigenvalue weighted by Gasteiger charge is -2.19. The van der Waals surface area contributed by atoms with Gasteiger partial charge < -0.3 is 15.1 Å². The fourth-order valence-corrected chi connectivity index (χ4v) is 3.59. The van der Waals surface area contributed by atoms with Crippen molar-refractivity contribution in [3.8, 4) is 0 Å². The van der Waals surface area contributed by atoms with E-state index in [0.29, 0.717) is 9.88 Å². The van der Waals surface area contributed by atoms with Gasteiger partial charge in [-0.2, -0.15) is 0 Å². The van der Waals surface area contributed by atoms with Crippen LogP contribution < -0.4 is 10.6 Å². The minimum absolute atomic E-state index is 0.0387. The van der Waals surface area contributed by atoms with Crippen molar-refractivity contribution in [2.24, 2.45) is 0 Å². The third-order valence-corrected chi connectivity index (χ3v) is 5.08. The quantitative estimate of drug-likeness (QED) is 0.886. The molecule has 132 valence electrons. The highest BCUT2D eigenvalue weighted by Crippen LogP contribution is 2.24. The Bertz CT molecular complexity index is 732. The molecule has 1 aromatic heterocycles. The zero-order chi connectivity index (χ0) is 17.6. The smallest absolute Gasteiger partial charge is 0.324 e. The van der Waals surface area contributed by atoms with Crippen molar-refractivity contribution in [2.45, 2.75) is 6.42 Å². The Morgan fingerprint density at radius 2 is 1.76 bits per heavy atom. The number of anilines is 2. The number of amides is 3. The summed E-state index contributed by atoms with van der Waals surface area (Å²) >= 11 is 1.30. The molecule has 0 aliphatic carbocycles. The molecule has 1 saturated heterocycles. The van der Waals surface area contributed by atoms with Gasteiger partial charge in [0.15, 0.2) is 0 Å². The van der Waals surface area contributed by atoms with Crippen molar-refractivity contribution < 1.29 is 9.59 Å². The molecule has 0 spiro atoms. The average molecular weight is 358 g/mol. The van der Waals surface area contributed by atoms with Gasteiger partial charge in [-0.3, -0.25) is 10.1 Å². The first-order chi connectivity index (χ1) is 12.1. The minimum atomic E-state index is -0.316. The minimum Gasteiger partial charge on any atom is -0.337 e. The second kappa shape index (κ2) is 8.13. The number of nitrogens with one attached hydrogen (secondary N) is 2. The number of hydrogen-bond acceptors (Lipinski definition) is 4. The summed E-state index contributed by atoms with van der Waals surface area (Å²) in [5.41, 5.74) is 0.724. The SMILES string of the molecule is CN1CCCN(C(=O)c2ccc(NC(=O)Nc3ccccc3)s2)CC1. The van der Waals surface area contributed by atoms with E-state index in [1.165, 1.54) is 11.3 Å². The second-order valence-electron chi connectivity index (χ2n) is 6.06. The molecule has 1 fully saturated rings. The molecule has 2 N–H and O–H groups in total. The number of benzene rings is 1. The summed E-state index contributed by atoms with van der Waals surface area (Å²) in [5, 5.41) is 6.19. The van der Waals surface area contributed by atoms with Crippen molar-refractivity contribution in [3.05, 3.63) is 47.3 Å². The molecule has 0 atom stereocenters. The Morgan fingerprint density at radius 3 is 2.56 bits per heavy atom. The van der Waals surface area contributed by atoms with Gasteiger partial charge >= 0.3 is 6.03 Å². The molecular weight excluding hydrogens is 336 g/mol. The summed E-state index contributed by atoms with van der Waals surface area (Å²) in [6.45, 7) is 3.42. The maximum atomic E-state index is 12.6. The van der Waals surface area contributed by atoms with E-state index in [2.05, 4.69) is 22.6 Å². The highest BCUT2D eigenvalue weighted by atomic mass is 32.1. The predicted octanol–water partition coefficient (Wildman–Crippen LogP) is 3.17. The second-order valence-corrected chi connectivity index (χ2v) is 7.14. The molecule has 3 rings (SSSR count). The molecule has 2 aromatic rings. The Morgan fingerprint density at radius 1 is 0.960 bits per heavy atom. The van der Waals surface area contributed by atoms with Crippen molar-refractivity contribution >= 4 is 34.0 Å². The number of urea groups is 1. The van der Waals surface area contributed by atoms with E-state index >= 15 is 0 Å². The zero-order valence-corrected chi connectivity index (χ0v) is 15.0. The van der Waals surface area contributed by atoms with Crippen LogP contribution in [0.5, 0.6) is 0 Å². The van der Waals surface area contributed by atoms with Crippen LogP contribution in [-0.2, 0) is 0 Å². The number of carbonyl (C=O) groups is 2. The van der Waals surface area contributed by atoms with E-state index < -0.39 is 0 Å². The lowest BCUT2D eigenvalue weighted by Crippen LogP contribution is -2.34. The van der Waals surface area contributed by atoms with Crippen molar-refractivity contribution in [2.75, 3.05) is 43.9 Å². The summed E-state index contributed by atoms with van der Waals surface area (Å²) in [5.74, 6) is 0.0387. The molecular formula is C18H22N4O2S. The van der Waals surface area contributed by atoms with Crippen LogP contribution >= 0.6 is 11.3 Å². The Balaban J connectivity index is 1.58. The number of rotatable bonds is 3. The third-order valence-electron chi connectivity index (χ3n) is 4.09. The molecule has 6 nitrogen and oxygen atoms in total. The molecule has 0 unspecified atom stereocenters. The van der Waals surface area contributed by atoms with Crippen molar-refractivity contribution in [3.63, 3.8) is 0 Å². The molecule has 25 heavy (non-hydrogen) atoms. The highest BCUT2D eigenvalue weighted by molar-refractivity contribution is 7.18. The standard InChI is InChI=1S/C18H22N4O2S/c1-21-10-5-11-22(13-12-21)17(23)15-8-9-16(25-15)20-18(24)19-14-6-3-2-4-7-14/h2-4,6-9H,5,10-13H2,1H3,(H2,19,20,24). The number of likely N-dealkylation sites (N-methyl/N-ethyl adjacent to an activating group) is 1. The van der Waals surface area contributed by atoms with Crippen LogP contribution in [0, 0.1) is 0 Å². The zero-order valence-electron chi connectivity index (χ0n) is 14.2. The molecule has 0 saturated carbocycles. The van der Waals surface area contributed by atoms with Gasteiger partial charge in [0, 0.05) is 25.3 Å². The topological polar surface area (TPSA) is 64.7 Å². The number of hydrogen-bond donors (Lipinski definition) is 2. The van der Waals surface area contributed by atoms with Crippen LogP contribution in [-0.4, -0.2) is 55.0 Å². The number of nitrogens with zero attached hydrogens (tertiary/aromatic N) is 2. The normalized spacial score (nSPS) is 15.5. The highest BCUT2D eigenvalue weighted by Gasteiger charge is 2.20. The molecule has 1 aliphatic rings. The van der Waals surface area contributed by atoms with Crippen LogP contribution in [0.3, 0.4) is 0 Å². The first-order valence-electron chi connectivity index (χ1n) is 8.32. The van der Waals surface area contributed by atoms with Crippen LogP contribution in [0.15, 0.2) is 42.5 Å². The largest absolute Gasteiger partial charge is 0.337 e. The molecule has 1 aliphatic heterocycles. The molecule has 2 heterocycles. The van der Waals surface area contributed by atoms with E-state index in [9.17, 15) is 9.59 Å². The van der Waals surface area contributed by atoms with E-state index in [0.717, 1.165) is 38.3 Å². The fraction of sp³-hybridized carbons (Fsp3) is 0.333. The maximum absolute atomic E-state index is 12.6. The number of para-hydroxylation sites is 1. The van der Waals surface area contributed by atoms with E-state index in [1.54, 1.807) is 12.1 Å². The van der Waals surface area contributed by atoms with Gasteiger partial charge in [-0.1, -0.05) is 18.2 Å². The van der Waals surface area contributed by atoms with E-state index in [4.69, 9.17) is 0 Å². The van der Waals surface area contributed by atoms with Gasteiger partial charge in [-0.15, -0.1) is 11.3 Å². The van der Waals surface area contributed by atoms with Gasteiger partial charge in [-0.05, 0) is 44.3 Å². The summed E-state index contributed by atoms with van der Waals surface area (Å²) < 4.78 is 0. The van der Waals surface area contributed by atoms with Gasteiger partial charge in [0.2, 0.25) is 0 Å². The molecule has 1 aromatic carbocycles. The lowest BCUT2D eigenvalue weighted by atomic mass is 10.3. The fourth-order valence-electron chi connectivity index (χ4n) is 2.72. The van der Waals surface area contributed by atoms with Crippen molar-refractivity contribution in [1.82, 2.24) is 9.80 Å². The summed E-state index contributed by atoms with van der Waals surface area (Å²) in [6, 6.07) is 12.5. The first-order valence-corrected chi connectivity index (χ1v) is 9.14. The Hall–Kier alpha value is -2.38. The molecule has 3 amide bonds. The lowest BCUT2D eigenvalue weighted by molar-refractivity contribution is 0.0767. The maximum Gasteiger partial charge on any atom is 0.324 e. The Labute approximate surface area is 151 Å². The summed E-state index contributed by atoms with van der Waals surface area (Å²) in [4.78, 5) is 29.4. The van der Waals surface area contributed by atoms with E-state index in [1.807, 2.05) is 35.2 Å². The van der Waals surface area contributed by atoms with Gasteiger partial charge in [0.05, 0.1) is 9.88 Å². The van der Waals surface area contributed by atoms with Crippen LogP contribution in [0.25, 0.3) is 0 Å². The third kappa shape index (κ3) is 4.80. The van der Waals surface area contributed by atoms with Gasteiger partial charge in [0.1, 0.15) is 0 Å². The van der Waals surface area contributed by atoms with Crippen molar-refractivity contribution in [1.29, 1.82) is 0 Å². The van der Waals surface area contributed by atoms with Crippen LogP contribution in [0.2, 0.25) is 0 Å². The monoisotopic (exact) mass is 358 g/mol. The molecule has 0 bridgehead atoms. The van der Waals surface area contributed by atoms with Gasteiger partial charge in [0.25, 0.3) is 5.91 Å². The summed E-state index contributed by atoms with van der Waals surface area (Å²) in [6.07, 6.45) is 0.984. The van der Waals surface area contributed by atoms with Gasteiger partial charge in [-0.25, -0.2) is 4.79 Å². The number of carbonyl (C=O) groups excluding carboxylic acids is 2. The average Bonchev–Trinajstić information content (AvgIpc) is 2.95. The van der Waals surface area contributed by atoms with E-state index in [-0.39, 0.29) is 11.9 Å². The number of thiophene rings is 1.